The maximum Gasteiger partial charge on any atom is 0.333 e. The Kier molecular flexibility index (Phi) is 2.90. The number of carbonyl (C=O) groups is 1. The van der Waals surface area contributed by atoms with Crippen molar-refractivity contribution in [3.05, 3.63) is 11.6 Å². The number of ether oxygens (including phenoxy) is 1. The van der Waals surface area contributed by atoms with E-state index in [2.05, 4.69) is 13.8 Å². The van der Waals surface area contributed by atoms with Gasteiger partial charge in [0.25, 0.3) is 0 Å². The molecule has 0 saturated carbocycles. The van der Waals surface area contributed by atoms with Crippen LogP contribution in [-0.2, 0) is 9.53 Å². The first-order valence-electron chi connectivity index (χ1n) is 4.45. The molecular weight excluding hydrogens is 152 g/mol. The lowest BCUT2D eigenvalue weighted by atomic mass is 9.90. The van der Waals surface area contributed by atoms with Crippen molar-refractivity contribution in [1.82, 2.24) is 0 Å². The third kappa shape index (κ3) is 1.68. The van der Waals surface area contributed by atoms with E-state index in [1.54, 1.807) is 0 Å². The van der Waals surface area contributed by atoms with Crippen LogP contribution >= 0.6 is 0 Å². The van der Waals surface area contributed by atoms with Gasteiger partial charge in [-0.3, -0.25) is 0 Å². The number of hydrogen-bond donors (Lipinski definition) is 0. The van der Waals surface area contributed by atoms with E-state index < -0.39 is 0 Å². The van der Waals surface area contributed by atoms with Crippen LogP contribution in [0.5, 0.6) is 0 Å². The Bertz CT molecular complexity index is 204. The van der Waals surface area contributed by atoms with E-state index in [0.717, 1.165) is 18.4 Å². The van der Waals surface area contributed by atoms with Gasteiger partial charge in [-0.25, -0.2) is 4.79 Å². The van der Waals surface area contributed by atoms with E-state index in [0.29, 0.717) is 11.8 Å². The summed E-state index contributed by atoms with van der Waals surface area (Å²) < 4.78 is 4.71. The summed E-state index contributed by atoms with van der Waals surface area (Å²) >= 11 is 0. The number of carbonyl (C=O) groups excluding carboxylic acids is 1. The summed E-state index contributed by atoms with van der Waals surface area (Å²) in [6.45, 7) is 4.29. The number of methoxy groups -OCH3 is 1. The van der Waals surface area contributed by atoms with Crippen LogP contribution in [0, 0.1) is 11.8 Å². The molecule has 0 aromatic carbocycles. The van der Waals surface area contributed by atoms with E-state index in [9.17, 15) is 4.79 Å². The highest BCUT2D eigenvalue weighted by Crippen LogP contribution is 2.32. The van der Waals surface area contributed by atoms with Crippen LogP contribution < -0.4 is 0 Å². The molecule has 2 nitrogen and oxygen atoms in total. The van der Waals surface area contributed by atoms with Gasteiger partial charge in [0.1, 0.15) is 0 Å². The van der Waals surface area contributed by atoms with Crippen molar-refractivity contribution < 1.29 is 9.53 Å². The van der Waals surface area contributed by atoms with Gasteiger partial charge in [0.15, 0.2) is 0 Å². The van der Waals surface area contributed by atoms with Gasteiger partial charge in [0.2, 0.25) is 0 Å². The fourth-order valence-corrected chi connectivity index (χ4v) is 1.77. The Morgan fingerprint density at radius 2 is 2.33 bits per heavy atom. The fraction of sp³-hybridized carbons (Fsp3) is 0.700. The van der Waals surface area contributed by atoms with E-state index in [4.69, 9.17) is 4.74 Å². The minimum Gasteiger partial charge on any atom is -0.466 e. The molecule has 68 valence electrons. The maximum absolute atomic E-state index is 11.2. The smallest absolute Gasteiger partial charge is 0.333 e. The van der Waals surface area contributed by atoms with Crippen molar-refractivity contribution >= 4 is 5.97 Å². The van der Waals surface area contributed by atoms with Crippen molar-refractivity contribution in [2.75, 3.05) is 7.11 Å². The van der Waals surface area contributed by atoms with Gasteiger partial charge >= 0.3 is 5.97 Å². The summed E-state index contributed by atoms with van der Waals surface area (Å²) in [4.78, 5) is 11.2. The van der Waals surface area contributed by atoms with Gasteiger partial charge in [-0.1, -0.05) is 19.9 Å². The zero-order valence-electron chi connectivity index (χ0n) is 7.96. The Hall–Kier alpha value is -0.790. The zero-order chi connectivity index (χ0) is 9.14. The van der Waals surface area contributed by atoms with Crippen molar-refractivity contribution in [2.24, 2.45) is 11.8 Å². The molecule has 0 spiro atoms. The first kappa shape index (κ1) is 9.30. The second-order valence-corrected chi connectivity index (χ2v) is 3.58. The summed E-state index contributed by atoms with van der Waals surface area (Å²) in [6, 6.07) is 0. The summed E-state index contributed by atoms with van der Waals surface area (Å²) in [7, 11) is 1.44. The van der Waals surface area contributed by atoms with Crippen LogP contribution in [0.4, 0.5) is 0 Å². The number of hydrogen-bond acceptors (Lipinski definition) is 2. The molecule has 0 fully saturated rings. The van der Waals surface area contributed by atoms with Crippen LogP contribution in [0.15, 0.2) is 11.6 Å². The lowest BCUT2D eigenvalue weighted by Gasteiger charge is -2.16. The monoisotopic (exact) mass is 168 g/mol. The van der Waals surface area contributed by atoms with E-state index in [1.165, 1.54) is 7.11 Å². The third-order valence-corrected chi connectivity index (χ3v) is 2.47. The van der Waals surface area contributed by atoms with Crippen LogP contribution in [0.1, 0.15) is 26.7 Å². The second kappa shape index (κ2) is 3.74. The number of rotatable bonds is 2. The number of esters is 1. The molecule has 1 rings (SSSR count). The van der Waals surface area contributed by atoms with E-state index in [-0.39, 0.29) is 5.97 Å². The highest BCUT2D eigenvalue weighted by molar-refractivity contribution is 5.89. The molecule has 0 bridgehead atoms. The molecule has 0 aliphatic heterocycles. The summed E-state index contributed by atoms with van der Waals surface area (Å²) in [5, 5.41) is 0. The molecule has 12 heavy (non-hydrogen) atoms. The predicted octanol–water partition coefficient (Wildman–Crippen LogP) is 2.15. The molecule has 0 N–H and O–H groups in total. The minimum atomic E-state index is -0.147. The van der Waals surface area contributed by atoms with Crippen molar-refractivity contribution in [3.8, 4) is 0 Å². The largest absolute Gasteiger partial charge is 0.466 e. The van der Waals surface area contributed by atoms with Crippen LogP contribution in [0.3, 0.4) is 0 Å². The topological polar surface area (TPSA) is 26.3 Å². The van der Waals surface area contributed by atoms with Crippen LogP contribution in [0.25, 0.3) is 0 Å². The van der Waals surface area contributed by atoms with Gasteiger partial charge < -0.3 is 4.74 Å². The fourth-order valence-electron chi connectivity index (χ4n) is 1.77. The van der Waals surface area contributed by atoms with Gasteiger partial charge in [-0.2, -0.15) is 0 Å². The highest BCUT2D eigenvalue weighted by Gasteiger charge is 2.27. The van der Waals surface area contributed by atoms with Crippen molar-refractivity contribution in [3.63, 3.8) is 0 Å². The average Bonchev–Trinajstić information content (AvgIpc) is 2.50. The molecule has 0 radical (unpaired) electrons. The SMILES string of the molecule is COC(=O)C1=CCC[C@@H]1C(C)C. The molecule has 1 aliphatic carbocycles. The molecule has 1 atom stereocenters. The summed E-state index contributed by atoms with van der Waals surface area (Å²) in [5.74, 6) is 0.807. The molecular formula is C10H16O2. The van der Waals surface area contributed by atoms with Gasteiger partial charge in [-0.15, -0.1) is 0 Å². The molecule has 0 heterocycles. The summed E-state index contributed by atoms with van der Waals surface area (Å²) in [6.07, 6.45) is 4.13. The predicted molar refractivity (Wildman–Crippen MR) is 47.7 cm³/mol. The maximum atomic E-state index is 11.2. The Morgan fingerprint density at radius 3 is 2.83 bits per heavy atom. The average molecular weight is 168 g/mol. The van der Waals surface area contributed by atoms with Crippen LogP contribution in [-0.4, -0.2) is 13.1 Å². The van der Waals surface area contributed by atoms with Gasteiger partial charge in [0, 0.05) is 5.57 Å². The van der Waals surface area contributed by atoms with Crippen molar-refractivity contribution in [2.45, 2.75) is 26.7 Å². The number of allylic oxidation sites excluding steroid dienone is 1. The normalized spacial score (nSPS) is 22.7. The Morgan fingerprint density at radius 1 is 1.67 bits per heavy atom. The summed E-state index contributed by atoms with van der Waals surface area (Å²) in [5.41, 5.74) is 0.882. The molecule has 0 amide bonds. The lowest BCUT2D eigenvalue weighted by molar-refractivity contribution is -0.136. The Balaban J connectivity index is 2.69. The van der Waals surface area contributed by atoms with E-state index >= 15 is 0 Å². The van der Waals surface area contributed by atoms with Crippen molar-refractivity contribution in [1.29, 1.82) is 0 Å². The molecule has 0 unspecified atom stereocenters. The molecule has 0 saturated heterocycles. The zero-order valence-corrected chi connectivity index (χ0v) is 7.96. The van der Waals surface area contributed by atoms with Crippen LogP contribution in [0.2, 0.25) is 0 Å². The molecule has 2 heteroatoms. The Labute approximate surface area is 73.6 Å². The second-order valence-electron chi connectivity index (χ2n) is 3.58. The highest BCUT2D eigenvalue weighted by atomic mass is 16.5. The van der Waals surface area contributed by atoms with E-state index in [1.807, 2.05) is 6.08 Å². The first-order valence-corrected chi connectivity index (χ1v) is 4.45. The molecule has 1 aliphatic rings. The molecule has 0 aromatic rings. The lowest BCUT2D eigenvalue weighted by Crippen LogP contribution is -2.15. The standard InChI is InChI=1S/C10H16O2/c1-7(2)8-5-4-6-9(8)10(11)12-3/h6-8H,4-5H2,1-3H3/t8-/m1/s1. The minimum absolute atomic E-state index is 0.147. The van der Waals surface area contributed by atoms with Gasteiger partial charge in [0.05, 0.1) is 7.11 Å². The third-order valence-electron chi connectivity index (χ3n) is 2.47. The molecule has 0 aromatic heterocycles. The quantitative estimate of drug-likeness (QED) is 0.590. The first-order chi connectivity index (χ1) is 5.66. The van der Waals surface area contributed by atoms with Gasteiger partial charge in [-0.05, 0) is 24.7 Å².